The van der Waals surface area contributed by atoms with E-state index in [4.69, 9.17) is 23.8 Å². The molecule has 2 amide bonds. The summed E-state index contributed by atoms with van der Waals surface area (Å²) in [4.78, 5) is 25.9. The van der Waals surface area contributed by atoms with Gasteiger partial charge in [-0.25, -0.2) is 0 Å². The molecule has 0 radical (unpaired) electrons. The molecule has 3 unspecified atom stereocenters. The molecule has 2 aliphatic rings. The summed E-state index contributed by atoms with van der Waals surface area (Å²) >= 11 is 12.7. The van der Waals surface area contributed by atoms with Gasteiger partial charge in [0.15, 0.2) is 3.95 Å². The van der Waals surface area contributed by atoms with Crippen LogP contribution in [0.25, 0.3) is 0 Å². The third-order valence-corrected chi connectivity index (χ3v) is 7.30. The Bertz CT molecular complexity index is 967. The van der Waals surface area contributed by atoms with E-state index < -0.39 is 0 Å². The zero-order chi connectivity index (χ0) is 19.8. The van der Waals surface area contributed by atoms with Gasteiger partial charge in [0, 0.05) is 17.6 Å². The first kappa shape index (κ1) is 19.6. The number of rotatable bonds is 4. The summed E-state index contributed by atoms with van der Waals surface area (Å²) in [5.74, 6) is 0.872. The number of fused-ring (bicyclic) bond motifs is 3. The van der Waals surface area contributed by atoms with E-state index in [-0.39, 0.29) is 23.8 Å². The molecule has 0 bridgehead atoms. The van der Waals surface area contributed by atoms with Crippen molar-refractivity contribution in [1.29, 1.82) is 0 Å². The molecule has 1 aromatic heterocycles. The average molecular weight is 436 g/mol. The molecule has 1 saturated carbocycles. The molecule has 4 rings (SSSR count). The zero-order valence-corrected chi connectivity index (χ0v) is 17.9. The van der Waals surface area contributed by atoms with Crippen LogP contribution in [-0.2, 0) is 11.2 Å². The molecular formula is C20H22ClN3O2S2. The number of carbonyl (C=O) groups is 2. The molecule has 2 aromatic rings. The first-order valence-electron chi connectivity index (χ1n) is 9.53. The summed E-state index contributed by atoms with van der Waals surface area (Å²) in [5, 5.41) is 6.60. The van der Waals surface area contributed by atoms with Crippen molar-refractivity contribution in [1.82, 2.24) is 9.88 Å². The molecular weight excluding hydrogens is 414 g/mol. The van der Waals surface area contributed by atoms with Crippen LogP contribution in [-0.4, -0.2) is 22.9 Å². The van der Waals surface area contributed by atoms with E-state index in [2.05, 4.69) is 17.6 Å². The number of hydrogen-bond acceptors (Lipinski definition) is 4. The van der Waals surface area contributed by atoms with Crippen molar-refractivity contribution < 1.29 is 9.59 Å². The SMILES string of the molecule is CC1CCC2C(C1)C(=O)Nc1c(C(=O)NCCc3ccc(Cl)cc3)sc(=S)n12. The predicted molar refractivity (Wildman–Crippen MR) is 115 cm³/mol. The minimum atomic E-state index is -0.193. The third-order valence-electron chi connectivity index (χ3n) is 5.65. The van der Waals surface area contributed by atoms with E-state index >= 15 is 0 Å². The van der Waals surface area contributed by atoms with Crippen LogP contribution in [0.15, 0.2) is 24.3 Å². The molecule has 8 heteroatoms. The summed E-state index contributed by atoms with van der Waals surface area (Å²) in [7, 11) is 0. The van der Waals surface area contributed by atoms with Crippen LogP contribution in [0.5, 0.6) is 0 Å². The zero-order valence-electron chi connectivity index (χ0n) is 15.5. The largest absolute Gasteiger partial charge is 0.351 e. The smallest absolute Gasteiger partial charge is 0.265 e. The number of nitrogens with one attached hydrogen (secondary N) is 2. The summed E-state index contributed by atoms with van der Waals surface area (Å²) in [6.07, 6.45) is 3.58. The molecule has 0 spiro atoms. The monoisotopic (exact) mass is 435 g/mol. The minimum Gasteiger partial charge on any atom is -0.351 e. The second kappa shape index (κ2) is 7.97. The van der Waals surface area contributed by atoms with Gasteiger partial charge in [0.05, 0.1) is 5.92 Å². The van der Waals surface area contributed by atoms with Crippen LogP contribution in [0.3, 0.4) is 0 Å². The Kier molecular flexibility index (Phi) is 5.58. The molecule has 2 N–H and O–H groups in total. The molecule has 1 aromatic carbocycles. The summed E-state index contributed by atoms with van der Waals surface area (Å²) in [6.45, 7) is 2.69. The Labute approximate surface area is 178 Å². The predicted octanol–water partition coefficient (Wildman–Crippen LogP) is 4.83. The minimum absolute atomic E-state index is 0.0135. The van der Waals surface area contributed by atoms with Crippen LogP contribution in [0.1, 0.15) is 47.5 Å². The lowest BCUT2D eigenvalue weighted by Crippen LogP contribution is -2.41. The second-order valence-electron chi connectivity index (χ2n) is 7.63. The van der Waals surface area contributed by atoms with Gasteiger partial charge in [0.25, 0.3) is 5.91 Å². The lowest BCUT2D eigenvalue weighted by molar-refractivity contribution is -0.123. The number of anilines is 1. The van der Waals surface area contributed by atoms with E-state index in [1.165, 1.54) is 11.3 Å². The van der Waals surface area contributed by atoms with Gasteiger partial charge in [-0.1, -0.05) is 42.0 Å². The van der Waals surface area contributed by atoms with Crippen LogP contribution in [0.2, 0.25) is 5.02 Å². The van der Waals surface area contributed by atoms with Gasteiger partial charge in [-0.2, -0.15) is 0 Å². The van der Waals surface area contributed by atoms with Crippen molar-refractivity contribution in [3.63, 3.8) is 0 Å². The number of hydrogen-bond donors (Lipinski definition) is 2. The Balaban J connectivity index is 1.50. The molecule has 28 heavy (non-hydrogen) atoms. The molecule has 1 aliphatic carbocycles. The Hall–Kier alpha value is -1.70. The maximum atomic E-state index is 12.8. The number of carbonyl (C=O) groups excluding carboxylic acids is 2. The Morgan fingerprint density at radius 3 is 2.86 bits per heavy atom. The summed E-state index contributed by atoms with van der Waals surface area (Å²) in [6, 6.07) is 7.64. The third kappa shape index (κ3) is 3.75. The highest BCUT2D eigenvalue weighted by Crippen LogP contribution is 2.44. The van der Waals surface area contributed by atoms with Crippen molar-refractivity contribution in [2.45, 2.75) is 38.6 Å². The Morgan fingerprint density at radius 2 is 2.11 bits per heavy atom. The van der Waals surface area contributed by atoms with E-state index in [1.54, 1.807) is 0 Å². The van der Waals surface area contributed by atoms with Gasteiger partial charge in [-0.3, -0.25) is 9.59 Å². The number of amides is 2. The number of aromatic nitrogens is 1. The molecule has 148 valence electrons. The lowest BCUT2D eigenvalue weighted by atomic mass is 9.77. The summed E-state index contributed by atoms with van der Waals surface area (Å²) in [5.41, 5.74) is 1.10. The highest BCUT2D eigenvalue weighted by atomic mass is 35.5. The lowest BCUT2D eigenvalue weighted by Gasteiger charge is -2.39. The Morgan fingerprint density at radius 1 is 1.36 bits per heavy atom. The normalized spacial score (nSPS) is 23.5. The number of halogens is 1. The molecule has 2 heterocycles. The number of nitrogens with zero attached hydrogens (tertiary/aromatic N) is 1. The van der Waals surface area contributed by atoms with E-state index in [1.807, 2.05) is 28.8 Å². The highest BCUT2D eigenvalue weighted by Gasteiger charge is 2.41. The first-order chi connectivity index (χ1) is 13.4. The fraction of sp³-hybridized carbons (Fsp3) is 0.450. The fourth-order valence-electron chi connectivity index (χ4n) is 4.17. The van der Waals surface area contributed by atoms with Crippen LogP contribution in [0.4, 0.5) is 5.82 Å². The van der Waals surface area contributed by atoms with Crippen molar-refractivity contribution in [3.05, 3.63) is 43.7 Å². The van der Waals surface area contributed by atoms with Crippen LogP contribution >= 0.6 is 35.2 Å². The van der Waals surface area contributed by atoms with Crippen molar-refractivity contribution in [2.24, 2.45) is 11.8 Å². The number of thiazole rings is 1. The van der Waals surface area contributed by atoms with Gasteiger partial charge < -0.3 is 15.2 Å². The van der Waals surface area contributed by atoms with Crippen molar-refractivity contribution in [2.75, 3.05) is 11.9 Å². The molecule has 1 aliphatic heterocycles. The van der Waals surface area contributed by atoms with Gasteiger partial charge in [0.2, 0.25) is 5.91 Å². The van der Waals surface area contributed by atoms with Gasteiger partial charge >= 0.3 is 0 Å². The van der Waals surface area contributed by atoms with Gasteiger partial charge in [-0.15, -0.1) is 0 Å². The van der Waals surface area contributed by atoms with Crippen molar-refractivity contribution in [3.8, 4) is 0 Å². The first-order valence-corrected chi connectivity index (χ1v) is 11.1. The van der Waals surface area contributed by atoms with Gasteiger partial charge in [0.1, 0.15) is 10.7 Å². The van der Waals surface area contributed by atoms with Crippen LogP contribution in [0, 0.1) is 15.8 Å². The van der Waals surface area contributed by atoms with Gasteiger partial charge in [-0.05, 0) is 61.5 Å². The van der Waals surface area contributed by atoms with E-state index in [0.29, 0.717) is 38.6 Å². The molecule has 0 saturated heterocycles. The fourth-order valence-corrected chi connectivity index (χ4v) is 5.69. The maximum Gasteiger partial charge on any atom is 0.265 e. The van der Waals surface area contributed by atoms with Crippen LogP contribution < -0.4 is 10.6 Å². The number of benzene rings is 1. The molecule has 5 nitrogen and oxygen atoms in total. The topological polar surface area (TPSA) is 63.1 Å². The summed E-state index contributed by atoms with van der Waals surface area (Å²) < 4.78 is 2.66. The molecule has 1 fully saturated rings. The van der Waals surface area contributed by atoms with E-state index in [0.717, 1.165) is 24.8 Å². The standard InChI is InChI=1S/C20H22ClN3O2S2/c1-11-2-7-15-14(10-11)18(25)23-17-16(28-20(27)24(15)17)19(26)22-9-8-12-3-5-13(21)6-4-12/h3-6,11,14-15H,2,7-10H2,1H3,(H,22,26)(H,23,25). The highest BCUT2D eigenvalue weighted by molar-refractivity contribution is 7.73. The van der Waals surface area contributed by atoms with Crippen molar-refractivity contribution >= 4 is 52.8 Å². The average Bonchev–Trinajstić information content (AvgIpc) is 3.00. The maximum absolute atomic E-state index is 12.8. The second-order valence-corrected chi connectivity index (χ2v) is 9.71. The van der Waals surface area contributed by atoms with E-state index in [9.17, 15) is 9.59 Å². The molecule has 3 atom stereocenters. The quantitative estimate of drug-likeness (QED) is 0.676.